The van der Waals surface area contributed by atoms with Gasteiger partial charge in [0.15, 0.2) is 0 Å². The summed E-state index contributed by atoms with van der Waals surface area (Å²) >= 11 is 0. The van der Waals surface area contributed by atoms with Crippen LogP contribution in [-0.2, 0) is 9.53 Å². The normalized spacial score (nSPS) is 22.3. The monoisotopic (exact) mass is 302 g/mol. The Balaban J connectivity index is 2.21. The second-order valence-electron chi connectivity index (χ2n) is 5.86. The molecule has 1 aliphatic carbocycles. The van der Waals surface area contributed by atoms with E-state index in [1.54, 1.807) is 18.2 Å². The number of carbonyl (C=O) groups is 1. The second-order valence-corrected chi connectivity index (χ2v) is 5.86. The molecule has 0 aromatic heterocycles. The lowest BCUT2D eigenvalue weighted by Crippen LogP contribution is -2.37. The quantitative estimate of drug-likeness (QED) is 0.841. The molecular weight excluding hydrogens is 280 g/mol. The maximum absolute atomic E-state index is 12.2. The molecule has 3 atom stereocenters. The van der Waals surface area contributed by atoms with Crippen LogP contribution in [-0.4, -0.2) is 42.8 Å². The van der Waals surface area contributed by atoms with Crippen molar-refractivity contribution >= 4 is 5.97 Å². The SMILES string of the molecule is COC(=O)C(c1cccc(C#N)c1)N(C)CC1CCCC1O. The van der Waals surface area contributed by atoms with E-state index in [2.05, 4.69) is 6.07 Å². The zero-order chi connectivity index (χ0) is 16.1. The van der Waals surface area contributed by atoms with E-state index >= 15 is 0 Å². The molecule has 1 aromatic rings. The fraction of sp³-hybridized carbons (Fsp3) is 0.529. The lowest BCUT2D eigenvalue weighted by Gasteiger charge is -2.29. The molecular formula is C17H22N2O3. The smallest absolute Gasteiger partial charge is 0.327 e. The first-order valence-electron chi connectivity index (χ1n) is 7.53. The largest absolute Gasteiger partial charge is 0.468 e. The fourth-order valence-corrected chi connectivity index (χ4v) is 3.17. The van der Waals surface area contributed by atoms with Gasteiger partial charge in [-0.05, 0) is 43.5 Å². The Labute approximate surface area is 131 Å². The highest BCUT2D eigenvalue weighted by Gasteiger charge is 2.32. The number of hydrogen-bond donors (Lipinski definition) is 1. The molecule has 2 rings (SSSR count). The molecule has 1 fully saturated rings. The molecule has 0 bridgehead atoms. The number of hydrogen-bond acceptors (Lipinski definition) is 5. The van der Waals surface area contributed by atoms with Crippen LogP contribution in [0.4, 0.5) is 0 Å². The number of benzene rings is 1. The van der Waals surface area contributed by atoms with Gasteiger partial charge in [0.1, 0.15) is 6.04 Å². The summed E-state index contributed by atoms with van der Waals surface area (Å²) in [6, 6.07) is 8.53. The van der Waals surface area contributed by atoms with Crippen LogP contribution < -0.4 is 0 Å². The van der Waals surface area contributed by atoms with Crippen LogP contribution in [0.5, 0.6) is 0 Å². The summed E-state index contributed by atoms with van der Waals surface area (Å²) < 4.78 is 4.93. The van der Waals surface area contributed by atoms with Gasteiger partial charge in [-0.25, -0.2) is 4.79 Å². The molecule has 1 saturated carbocycles. The molecule has 22 heavy (non-hydrogen) atoms. The van der Waals surface area contributed by atoms with Crippen LogP contribution in [0.1, 0.15) is 36.4 Å². The summed E-state index contributed by atoms with van der Waals surface area (Å²) in [5.74, 6) is -0.179. The Bertz CT molecular complexity index is 567. The molecule has 1 aromatic carbocycles. The number of esters is 1. The molecule has 0 heterocycles. The summed E-state index contributed by atoms with van der Waals surface area (Å²) in [4.78, 5) is 14.1. The Hall–Kier alpha value is -1.90. The molecule has 1 aliphatic rings. The van der Waals surface area contributed by atoms with Crippen LogP contribution in [0.25, 0.3) is 0 Å². The van der Waals surface area contributed by atoms with Crippen molar-refractivity contribution in [2.24, 2.45) is 5.92 Å². The summed E-state index contributed by atoms with van der Waals surface area (Å²) in [7, 11) is 3.22. The van der Waals surface area contributed by atoms with Crippen molar-refractivity contribution in [1.29, 1.82) is 5.26 Å². The Morgan fingerprint density at radius 3 is 2.91 bits per heavy atom. The van der Waals surface area contributed by atoms with Crippen molar-refractivity contribution in [3.63, 3.8) is 0 Å². The lowest BCUT2D eigenvalue weighted by atomic mass is 10.00. The number of rotatable bonds is 5. The van der Waals surface area contributed by atoms with Crippen molar-refractivity contribution in [2.45, 2.75) is 31.4 Å². The van der Waals surface area contributed by atoms with E-state index in [1.165, 1.54) is 7.11 Å². The standard InChI is InChI=1S/C17H22N2O3/c1-19(11-14-7-4-8-15(14)20)16(17(21)22-2)13-6-3-5-12(9-13)10-18/h3,5-6,9,14-16,20H,4,7-8,11H2,1-2H3. The highest BCUT2D eigenvalue weighted by Crippen LogP contribution is 2.29. The summed E-state index contributed by atoms with van der Waals surface area (Å²) in [6.45, 7) is 0.623. The maximum atomic E-state index is 12.2. The van der Waals surface area contributed by atoms with Crippen LogP contribution in [0.15, 0.2) is 24.3 Å². The van der Waals surface area contributed by atoms with Crippen LogP contribution in [0.2, 0.25) is 0 Å². The number of carbonyl (C=O) groups excluding carboxylic acids is 1. The van der Waals surface area contributed by atoms with E-state index in [1.807, 2.05) is 18.0 Å². The number of methoxy groups -OCH3 is 1. The van der Waals surface area contributed by atoms with Gasteiger partial charge >= 0.3 is 5.97 Å². The molecule has 0 spiro atoms. The first-order chi connectivity index (χ1) is 10.6. The maximum Gasteiger partial charge on any atom is 0.327 e. The molecule has 1 N–H and O–H groups in total. The zero-order valence-electron chi connectivity index (χ0n) is 13.0. The highest BCUT2D eigenvalue weighted by atomic mass is 16.5. The topological polar surface area (TPSA) is 73.6 Å². The number of nitrogens with zero attached hydrogens (tertiary/aromatic N) is 2. The molecule has 5 heteroatoms. The first kappa shape index (κ1) is 16.5. The van der Waals surface area contributed by atoms with Crippen LogP contribution >= 0.6 is 0 Å². The average molecular weight is 302 g/mol. The molecule has 0 radical (unpaired) electrons. The molecule has 0 aliphatic heterocycles. The average Bonchev–Trinajstić information content (AvgIpc) is 2.92. The number of ether oxygens (including phenoxy) is 1. The van der Waals surface area contributed by atoms with Gasteiger partial charge in [-0.15, -0.1) is 0 Å². The molecule has 5 nitrogen and oxygen atoms in total. The molecule has 0 saturated heterocycles. The minimum atomic E-state index is -0.564. The van der Waals surface area contributed by atoms with Gasteiger partial charge in [-0.3, -0.25) is 4.90 Å². The van der Waals surface area contributed by atoms with E-state index in [0.717, 1.165) is 24.8 Å². The lowest BCUT2D eigenvalue weighted by molar-refractivity contribution is -0.147. The second kappa shape index (κ2) is 7.39. The molecule has 3 unspecified atom stereocenters. The number of nitriles is 1. The van der Waals surface area contributed by atoms with Crippen molar-refractivity contribution in [3.8, 4) is 6.07 Å². The predicted molar refractivity (Wildman–Crippen MR) is 81.9 cm³/mol. The van der Waals surface area contributed by atoms with Gasteiger partial charge in [0, 0.05) is 6.54 Å². The summed E-state index contributed by atoms with van der Waals surface area (Å²) in [6.07, 6.45) is 2.52. The third kappa shape index (κ3) is 3.65. The van der Waals surface area contributed by atoms with Gasteiger partial charge in [-0.1, -0.05) is 18.6 Å². The van der Waals surface area contributed by atoms with Crippen LogP contribution in [0, 0.1) is 17.2 Å². The minimum absolute atomic E-state index is 0.177. The van der Waals surface area contributed by atoms with E-state index in [4.69, 9.17) is 10.00 Å². The van der Waals surface area contributed by atoms with Crippen molar-refractivity contribution in [1.82, 2.24) is 4.90 Å². The van der Waals surface area contributed by atoms with Crippen molar-refractivity contribution < 1.29 is 14.6 Å². The zero-order valence-corrected chi connectivity index (χ0v) is 13.0. The minimum Gasteiger partial charge on any atom is -0.468 e. The van der Waals surface area contributed by atoms with Crippen molar-refractivity contribution in [3.05, 3.63) is 35.4 Å². The van der Waals surface area contributed by atoms with Gasteiger partial charge in [0.25, 0.3) is 0 Å². The summed E-state index contributed by atoms with van der Waals surface area (Å²) in [5, 5.41) is 19.0. The van der Waals surface area contributed by atoms with Crippen molar-refractivity contribution in [2.75, 3.05) is 20.7 Å². The highest BCUT2D eigenvalue weighted by molar-refractivity contribution is 5.77. The third-order valence-corrected chi connectivity index (χ3v) is 4.34. The van der Waals surface area contributed by atoms with Gasteiger partial charge in [-0.2, -0.15) is 5.26 Å². The van der Waals surface area contributed by atoms with E-state index in [0.29, 0.717) is 12.1 Å². The number of aliphatic hydroxyl groups excluding tert-OH is 1. The summed E-state index contributed by atoms with van der Waals surface area (Å²) in [5.41, 5.74) is 1.25. The van der Waals surface area contributed by atoms with E-state index < -0.39 is 6.04 Å². The third-order valence-electron chi connectivity index (χ3n) is 4.34. The van der Waals surface area contributed by atoms with Gasteiger partial charge in [0.2, 0.25) is 0 Å². The first-order valence-corrected chi connectivity index (χ1v) is 7.53. The number of aliphatic hydroxyl groups is 1. The number of likely N-dealkylation sites (N-methyl/N-ethyl adjacent to an activating group) is 1. The molecule has 118 valence electrons. The van der Waals surface area contributed by atoms with E-state index in [9.17, 15) is 9.90 Å². The Kier molecular flexibility index (Phi) is 5.53. The molecule has 0 amide bonds. The predicted octanol–water partition coefficient (Wildman–Crippen LogP) is 1.87. The van der Waals surface area contributed by atoms with Gasteiger partial charge in [0.05, 0.1) is 24.8 Å². The van der Waals surface area contributed by atoms with Gasteiger partial charge < -0.3 is 9.84 Å². The fourth-order valence-electron chi connectivity index (χ4n) is 3.17. The van der Waals surface area contributed by atoms with E-state index in [-0.39, 0.29) is 18.0 Å². The Morgan fingerprint density at radius 1 is 1.55 bits per heavy atom. The Morgan fingerprint density at radius 2 is 2.32 bits per heavy atom. The van der Waals surface area contributed by atoms with Crippen LogP contribution in [0.3, 0.4) is 0 Å².